The van der Waals surface area contributed by atoms with Crippen molar-refractivity contribution in [1.29, 1.82) is 5.26 Å². The summed E-state index contributed by atoms with van der Waals surface area (Å²) in [4.78, 5) is 12.9. The molecule has 0 aromatic carbocycles. The third kappa shape index (κ3) is 2.85. The summed E-state index contributed by atoms with van der Waals surface area (Å²) < 4.78 is 0. The number of nitrogens with zero attached hydrogens (tertiary/aromatic N) is 1. The van der Waals surface area contributed by atoms with Gasteiger partial charge < -0.3 is 5.32 Å². The van der Waals surface area contributed by atoms with Crippen LogP contribution >= 0.6 is 22.9 Å². The number of thiophene rings is 1. The van der Waals surface area contributed by atoms with E-state index in [4.69, 9.17) is 11.6 Å². The van der Waals surface area contributed by atoms with Crippen LogP contribution in [0.3, 0.4) is 0 Å². The van der Waals surface area contributed by atoms with Gasteiger partial charge in [-0.1, -0.05) is 0 Å². The van der Waals surface area contributed by atoms with E-state index in [0.29, 0.717) is 24.3 Å². The number of hydrogen-bond donors (Lipinski definition) is 1. The van der Waals surface area contributed by atoms with Crippen LogP contribution in [0, 0.1) is 11.3 Å². The van der Waals surface area contributed by atoms with Gasteiger partial charge in [0, 0.05) is 17.2 Å². The van der Waals surface area contributed by atoms with Crippen LogP contribution in [0.25, 0.3) is 0 Å². The Morgan fingerprint density at radius 1 is 1.44 bits per heavy atom. The van der Waals surface area contributed by atoms with E-state index in [1.54, 1.807) is 11.3 Å². The molecule has 3 nitrogen and oxygen atoms in total. The van der Waals surface area contributed by atoms with E-state index in [1.807, 2.05) is 0 Å². The fourth-order valence-corrected chi connectivity index (χ4v) is 3.58. The molecule has 18 heavy (non-hydrogen) atoms. The summed E-state index contributed by atoms with van der Waals surface area (Å²) in [6.07, 6.45) is 5.39. The molecule has 1 aliphatic carbocycles. The molecule has 0 bridgehead atoms. The minimum absolute atomic E-state index is 0.0502. The quantitative estimate of drug-likeness (QED) is 0.860. The largest absolute Gasteiger partial charge is 0.317 e. The van der Waals surface area contributed by atoms with Crippen molar-refractivity contribution in [1.82, 2.24) is 0 Å². The Labute approximate surface area is 116 Å². The highest BCUT2D eigenvalue weighted by Gasteiger charge is 2.21. The molecule has 0 aliphatic heterocycles. The van der Waals surface area contributed by atoms with Crippen molar-refractivity contribution < 1.29 is 4.79 Å². The first-order valence-electron chi connectivity index (χ1n) is 6.16. The summed E-state index contributed by atoms with van der Waals surface area (Å²) in [7, 11) is 0. The van der Waals surface area contributed by atoms with Gasteiger partial charge in [-0.25, -0.2) is 0 Å². The Kier molecular flexibility index (Phi) is 4.62. The molecule has 1 aromatic heterocycles. The molecule has 0 spiro atoms. The average molecular weight is 283 g/mol. The van der Waals surface area contributed by atoms with Crippen LogP contribution < -0.4 is 5.32 Å². The third-order valence-electron chi connectivity index (χ3n) is 3.07. The molecule has 0 atom stereocenters. The van der Waals surface area contributed by atoms with E-state index in [1.165, 1.54) is 11.3 Å². The maximum Gasteiger partial charge on any atom is 0.225 e. The Morgan fingerprint density at radius 2 is 2.22 bits per heavy atom. The van der Waals surface area contributed by atoms with E-state index in [-0.39, 0.29) is 5.91 Å². The summed E-state index contributed by atoms with van der Waals surface area (Å²) in [5.74, 6) is 0.435. The van der Waals surface area contributed by atoms with Crippen molar-refractivity contribution in [3.05, 3.63) is 16.0 Å². The van der Waals surface area contributed by atoms with Crippen molar-refractivity contribution in [2.45, 2.75) is 38.5 Å². The lowest BCUT2D eigenvalue weighted by molar-refractivity contribution is -0.116. The molecular weight excluding hydrogens is 268 g/mol. The number of carbonyl (C=O) groups is 1. The highest BCUT2D eigenvalue weighted by Crippen LogP contribution is 2.37. The first-order chi connectivity index (χ1) is 8.76. The Morgan fingerprint density at radius 3 is 2.94 bits per heavy atom. The molecule has 1 aromatic rings. The fraction of sp³-hybridized carbons (Fsp3) is 0.538. The van der Waals surface area contributed by atoms with E-state index in [2.05, 4.69) is 11.4 Å². The lowest BCUT2D eigenvalue weighted by Crippen LogP contribution is -2.11. The van der Waals surface area contributed by atoms with Crippen LogP contribution in [0.15, 0.2) is 0 Å². The first kappa shape index (κ1) is 13.4. The number of anilines is 1. The topological polar surface area (TPSA) is 52.9 Å². The minimum Gasteiger partial charge on any atom is -0.317 e. The van der Waals surface area contributed by atoms with Crippen LogP contribution in [0.1, 0.15) is 41.7 Å². The Balaban J connectivity index is 2.15. The van der Waals surface area contributed by atoms with Crippen molar-refractivity contribution in [3.63, 3.8) is 0 Å². The van der Waals surface area contributed by atoms with Gasteiger partial charge in [-0.05, 0) is 37.7 Å². The number of amides is 1. The van der Waals surface area contributed by atoms with Gasteiger partial charge in [0.15, 0.2) is 0 Å². The van der Waals surface area contributed by atoms with Crippen molar-refractivity contribution in [2.75, 3.05) is 11.2 Å². The molecule has 0 saturated carbocycles. The van der Waals surface area contributed by atoms with Gasteiger partial charge in [-0.3, -0.25) is 4.79 Å². The van der Waals surface area contributed by atoms with Crippen LogP contribution in [0.4, 0.5) is 5.00 Å². The number of nitrogens with one attached hydrogen (secondary N) is 1. The molecule has 1 heterocycles. The molecule has 2 rings (SSSR count). The second-order valence-corrected chi connectivity index (χ2v) is 5.85. The van der Waals surface area contributed by atoms with Crippen LogP contribution in [-0.4, -0.2) is 11.8 Å². The van der Waals surface area contributed by atoms with Gasteiger partial charge in [0.2, 0.25) is 5.91 Å². The second kappa shape index (κ2) is 6.21. The van der Waals surface area contributed by atoms with Crippen LogP contribution in [0.5, 0.6) is 0 Å². The van der Waals surface area contributed by atoms with Gasteiger partial charge in [0.1, 0.15) is 11.1 Å². The Bertz CT molecular complexity index is 490. The molecule has 1 amide bonds. The monoisotopic (exact) mass is 282 g/mol. The van der Waals surface area contributed by atoms with Gasteiger partial charge in [0.05, 0.1) is 5.56 Å². The SMILES string of the molecule is N#Cc1c(NC(=O)CCCCl)sc2c1CCCC2. The summed E-state index contributed by atoms with van der Waals surface area (Å²) in [6, 6.07) is 2.23. The number of aryl methyl sites for hydroxylation is 1. The molecule has 5 heteroatoms. The molecule has 0 radical (unpaired) electrons. The number of nitriles is 1. The summed E-state index contributed by atoms with van der Waals surface area (Å²) in [5, 5.41) is 12.8. The lowest BCUT2D eigenvalue weighted by Gasteiger charge is -2.09. The van der Waals surface area contributed by atoms with Crippen molar-refractivity contribution in [2.24, 2.45) is 0 Å². The number of halogens is 1. The summed E-state index contributed by atoms with van der Waals surface area (Å²) in [5.41, 5.74) is 1.83. The summed E-state index contributed by atoms with van der Waals surface area (Å²) >= 11 is 7.12. The van der Waals surface area contributed by atoms with Crippen molar-refractivity contribution >= 4 is 33.8 Å². The van der Waals surface area contributed by atoms with Gasteiger partial charge in [-0.15, -0.1) is 22.9 Å². The lowest BCUT2D eigenvalue weighted by atomic mass is 9.96. The number of rotatable bonds is 4. The van der Waals surface area contributed by atoms with Crippen molar-refractivity contribution in [3.8, 4) is 6.07 Å². The molecular formula is C13H15ClN2OS. The average Bonchev–Trinajstić information content (AvgIpc) is 2.73. The zero-order valence-electron chi connectivity index (χ0n) is 10.1. The van der Waals surface area contributed by atoms with Crippen LogP contribution in [0.2, 0.25) is 0 Å². The molecule has 0 unspecified atom stereocenters. The maximum absolute atomic E-state index is 11.7. The van der Waals surface area contributed by atoms with E-state index < -0.39 is 0 Å². The molecule has 0 fully saturated rings. The number of fused-ring (bicyclic) bond motifs is 1. The zero-order valence-corrected chi connectivity index (χ0v) is 11.7. The fourth-order valence-electron chi connectivity index (χ4n) is 2.19. The standard InChI is InChI=1S/C13H15ClN2OS/c14-7-3-6-12(17)16-13-10(8-15)9-4-1-2-5-11(9)18-13/h1-7H2,(H,16,17). The van der Waals surface area contributed by atoms with Gasteiger partial charge in [0.25, 0.3) is 0 Å². The van der Waals surface area contributed by atoms with Gasteiger partial charge in [-0.2, -0.15) is 5.26 Å². The van der Waals surface area contributed by atoms with Gasteiger partial charge >= 0.3 is 0 Å². The molecule has 1 aliphatic rings. The maximum atomic E-state index is 11.7. The predicted octanol–water partition coefficient (Wildman–Crippen LogP) is 3.46. The molecule has 1 N–H and O–H groups in total. The highest BCUT2D eigenvalue weighted by atomic mass is 35.5. The second-order valence-electron chi connectivity index (χ2n) is 4.37. The third-order valence-corrected chi connectivity index (χ3v) is 4.55. The molecule has 0 saturated heterocycles. The Hall–Kier alpha value is -1.05. The number of hydrogen-bond acceptors (Lipinski definition) is 3. The van der Waals surface area contributed by atoms with E-state index in [0.717, 1.165) is 29.8 Å². The predicted molar refractivity (Wildman–Crippen MR) is 74.3 cm³/mol. The molecule has 96 valence electrons. The van der Waals surface area contributed by atoms with E-state index in [9.17, 15) is 10.1 Å². The number of alkyl halides is 1. The highest BCUT2D eigenvalue weighted by molar-refractivity contribution is 7.16. The normalized spacial score (nSPS) is 13.8. The zero-order chi connectivity index (χ0) is 13.0. The smallest absolute Gasteiger partial charge is 0.225 e. The van der Waals surface area contributed by atoms with Crippen LogP contribution in [-0.2, 0) is 17.6 Å². The number of carbonyl (C=O) groups excluding carboxylic acids is 1. The first-order valence-corrected chi connectivity index (χ1v) is 7.51. The summed E-state index contributed by atoms with van der Waals surface area (Å²) in [6.45, 7) is 0. The minimum atomic E-state index is -0.0502. The van der Waals surface area contributed by atoms with E-state index >= 15 is 0 Å².